The lowest BCUT2D eigenvalue weighted by atomic mass is 9.96. The molecule has 1 aliphatic heterocycles. The minimum Gasteiger partial charge on any atom is -0.367 e. The van der Waals surface area contributed by atoms with Gasteiger partial charge in [-0.3, -0.25) is 9.67 Å². The molecule has 24 heavy (non-hydrogen) atoms. The molecular weight excluding hydrogens is 368 g/mol. The highest BCUT2D eigenvalue weighted by Crippen LogP contribution is 2.34. The Morgan fingerprint density at radius 2 is 2.17 bits per heavy atom. The molecule has 0 radical (unpaired) electrons. The smallest absolute Gasteiger partial charge is 0.111 e. The van der Waals surface area contributed by atoms with Gasteiger partial charge < -0.3 is 9.64 Å². The Morgan fingerprint density at radius 1 is 1.29 bits per heavy atom. The van der Waals surface area contributed by atoms with Crippen molar-refractivity contribution >= 4 is 32.5 Å². The van der Waals surface area contributed by atoms with E-state index in [1.807, 2.05) is 30.3 Å². The van der Waals surface area contributed by atoms with Crippen LogP contribution in [0.5, 0.6) is 0 Å². The van der Waals surface area contributed by atoms with Gasteiger partial charge in [-0.15, -0.1) is 0 Å². The molecule has 0 spiro atoms. The first-order chi connectivity index (χ1) is 11.5. The quantitative estimate of drug-likeness (QED) is 0.675. The maximum absolute atomic E-state index is 6.13. The molecule has 1 unspecified atom stereocenters. The minimum absolute atomic E-state index is 0.364. The SMILES string of the molecule is Cn1cc(C2(C)CN(c3ccnc4cc(Br)ccc34)CCO2)cn1. The number of ether oxygens (including phenoxy) is 1. The van der Waals surface area contributed by atoms with Crippen molar-refractivity contribution in [3.8, 4) is 0 Å². The van der Waals surface area contributed by atoms with Gasteiger partial charge in [0.2, 0.25) is 0 Å². The van der Waals surface area contributed by atoms with Crippen LogP contribution >= 0.6 is 15.9 Å². The molecular formula is C18H19BrN4O. The average Bonchev–Trinajstić information content (AvgIpc) is 3.01. The summed E-state index contributed by atoms with van der Waals surface area (Å²) in [6.07, 6.45) is 5.80. The van der Waals surface area contributed by atoms with Crippen LogP contribution in [0.4, 0.5) is 5.69 Å². The number of anilines is 1. The Labute approximate surface area is 149 Å². The van der Waals surface area contributed by atoms with E-state index in [9.17, 15) is 0 Å². The summed E-state index contributed by atoms with van der Waals surface area (Å²) in [5.74, 6) is 0. The van der Waals surface area contributed by atoms with E-state index in [-0.39, 0.29) is 5.60 Å². The Kier molecular flexibility index (Phi) is 3.81. The molecule has 1 aliphatic rings. The van der Waals surface area contributed by atoms with Crippen molar-refractivity contribution in [1.29, 1.82) is 0 Å². The number of hydrogen-bond acceptors (Lipinski definition) is 4. The number of fused-ring (bicyclic) bond motifs is 1. The van der Waals surface area contributed by atoms with E-state index < -0.39 is 0 Å². The second-order valence-corrected chi connectivity index (χ2v) is 7.31. The lowest BCUT2D eigenvalue weighted by Gasteiger charge is -2.41. The maximum Gasteiger partial charge on any atom is 0.111 e. The predicted octanol–water partition coefficient (Wildman–Crippen LogP) is 3.48. The minimum atomic E-state index is -0.364. The predicted molar refractivity (Wildman–Crippen MR) is 98.2 cm³/mol. The van der Waals surface area contributed by atoms with Crippen molar-refractivity contribution in [2.45, 2.75) is 12.5 Å². The molecule has 1 aromatic carbocycles. The molecule has 5 nitrogen and oxygen atoms in total. The van der Waals surface area contributed by atoms with Crippen LogP contribution in [0.1, 0.15) is 12.5 Å². The van der Waals surface area contributed by atoms with E-state index >= 15 is 0 Å². The second-order valence-electron chi connectivity index (χ2n) is 6.40. The van der Waals surface area contributed by atoms with E-state index in [2.05, 4.69) is 62.1 Å². The lowest BCUT2D eigenvalue weighted by Crippen LogP contribution is -2.48. The number of nitrogens with zero attached hydrogens (tertiary/aromatic N) is 4. The van der Waals surface area contributed by atoms with E-state index in [0.29, 0.717) is 6.61 Å². The van der Waals surface area contributed by atoms with Gasteiger partial charge >= 0.3 is 0 Å². The fraction of sp³-hybridized carbons (Fsp3) is 0.333. The molecule has 1 fully saturated rings. The van der Waals surface area contributed by atoms with Crippen LogP contribution in [0.25, 0.3) is 10.9 Å². The van der Waals surface area contributed by atoms with E-state index in [1.165, 1.54) is 5.69 Å². The summed E-state index contributed by atoms with van der Waals surface area (Å²) in [6, 6.07) is 8.33. The molecule has 0 aliphatic carbocycles. The summed E-state index contributed by atoms with van der Waals surface area (Å²) in [4.78, 5) is 6.88. The molecule has 1 atom stereocenters. The zero-order chi connectivity index (χ0) is 16.7. The normalized spacial score (nSPS) is 21.4. The van der Waals surface area contributed by atoms with Gasteiger partial charge in [0.05, 0.1) is 24.9 Å². The molecule has 124 valence electrons. The van der Waals surface area contributed by atoms with Gasteiger partial charge in [0.1, 0.15) is 5.60 Å². The van der Waals surface area contributed by atoms with Gasteiger partial charge in [-0.1, -0.05) is 15.9 Å². The molecule has 0 N–H and O–H groups in total. The van der Waals surface area contributed by atoms with Gasteiger partial charge in [0.15, 0.2) is 0 Å². The van der Waals surface area contributed by atoms with Gasteiger partial charge in [-0.2, -0.15) is 5.10 Å². The molecule has 0 amide bonds. The Bertz CT molecular complexity index is 894. The number of benzene rings is 1. The van der Waals surface area contributed by atoms with E-state index in [0.717, 1.165) is 34.0 Å². The van der Waals surface area contributed by atoms with E-state index in [1.54, 1.807) is 0 Å². The Hall–Kier alpha value is -1.92. The zero-order valence-electron chi connectivity index (χ0n) is 13.7. The highest BCUT2D eigenvalue weighted by atomic mass is 79.9. The number of pyridine rings is 1. The summed E-state index contributed by atoms with van der Waals surface area (Å²) in [5.41, 5.74) is 2.94. The topological polar surface area (TPSA) is 43.2 Å². The summed E-state index contributed by atoms with van der Waals surface area (Å²) < 4.78 is 8.99. The first-order valence-electron chi connectivity index (χ1n) is 7.97. The molecule has 4 rings (SSSR count). The number of hydrogen-bond donors (Lipinski definition) is 0. The third kappa shape index (κ3) is 2.70. The van der Waals surface area contributed by atoms with Gasteiger partial charge in [0.25, 0.3) is 0 Å². The monoisotopic (exact) mass is 386 g/mol. The largest absolute Gasteiger partial charge is 0.367 e. The number of aromatic nitrogens is 3. The molecule has 3 aromatic rings. The van der Waals surface area contributed by atoms with Crippen LogP contribution in [0.3, 0.4) is 0 Å². The maximum atomic E-state index is 6.13. The molecule has 0 saturated carbocycles. The number of halogens is 1. The van der Waals surface area contributed by atoms with Crippen molar-refractivity contribution in [2.24, 2.45) is 7.05 Å². The summed E-state index contributed by atoms with van der Waals surface area (Å²) >= 11 is 3.52. The zero-order valence-corrected chi connectivity index (χ0v) is 15.3. The third-order valence-corrected chi connectivity index (χ3v) is 5.11. The number of aryl methyl sites for hydroxylation is 1. The third-order valence-electron chi connectivity index (χ3n) is 4.61. The highest BCUT2D eigenvalue weighted by Gasteiger charge is 2.35. The lowest BCUT2D eigenvalue weighted by molar-refractivity contribution is -0.0465. The van der Waals surface area contributed by atoms with Crippen LogP contribution < -0.4 is 4.90 Å². The number of rotatable bonds is 2. The summed E-state index contributed by atoms with van der Waals surface area (Å²) in [6.45, 7) is 4.47. The van der Waals surface area contributed by atoms with Crippen LogP contribution in [-0.2, 0) is 17.4 Å². The van der Waals surface area contributed by atoms with Crippen molar-refractivity contribution in [3.63, 3.8) is 0 Å². The van der Waals surface area contributed by atoms with Gasteiger partial charge in [-0.05, 0) is 31.2 Å². The van der Waals surface area contributed by atoms with Gasteiger partial charge in [0, 0.05) is 47.1 Å². The highest BCUT2D eigenvalue weighted by molar-refractivity contribution is 9.10. The van der Waals surface area contributed by atoms with Crippen molar-refractivity contribution < 1.29 is 4.74 Å². The first-order valence-corrected chi connectivity index (χ1v) is 8.77. The Morgan fingerprint density at radius 3 is 2.96 bits per heavy atom. The fourth-order valence-corrected chi connectivity index (χ4v) is 3.68. The van der Waals surface area contributed by atoms with E-state index in [4.69, 9.17) is 4.74 Å². The summed E-state index contributed by atoms with van der Waals surface area (Å²) in [5, 5.41) is 5.46. The van der Waals surface area contributed by atoms with Crippen molar-refractivity contribution in [2.75, 3.05) is 24.6 Å². The molecule has 6 heteroatoms. The molecule has 3 heterocycles. The first kappa shape index (κ1) is 15.6. The number of morpholine rings is 1. The van der Waals surface area contributed by atoms with Crippen LogP contribution in [-0.4, -0.2) is 34.5 Å². The average molecular weight is 387 g/mol. The van der Waals surface area contributed by atoms with Crippen molar-refractivity contribution in [3.05, 3.63) is 52.9 Å². The fourth-order valence-electron chi connectivity index (χ4n) is 3.33. The standard InChI is InChI=1S/C18H19BrN4O/c1-18(13-10-21-22(2)11-13)12-23(7-8-24-18)17-5-6-20-16-9-14(19)3-4-15(16)17/h3-6,9-11H,7-8,12H2,1-2H3. The summed E-state index contributed by atoms with van der Waals surface area (Å²) in [7, 11) is 1.93. The van der Waals surface area contributed by atoms with Crippen LogP contribution in [0, 0.1) is 0 Å². The molecule has 0 bridgehead atoms. The Balaban J connectivity index is 1.72. The van der Waals surface area contributed by atoms with Crippen LogP contribution in [0.15, 0.2) is 47.3 Å². The molecule has 2 aromatic heterocycles. The van der Waals surface area contributed by atoms with Crippen LogP contribution in [0.2, 0.25) is 0 Å². The van der Waals surface area contributed by atoms with Crippen molar-refractivity contribution in [1.82, 2.24) is 14.8 Å². The second kappa shape index (κ2) is 5.86. The molecule has 1 saturated heterocycles. The van der Waals surface area contributed by atoms with Gasteiger partial charge in [-0.25, -0.2) is 0 Å².